The molecule has 0 atom stereocenters. The number of carboxylic acids is 1. The molecular formula is C10H9ClO4. The molecule has 0 spiro atoms. The van der Waals surface area contributed by atoms with Crippen molar-refractivity contribution in [3.05, 3.63) is 28.8 Å². The van der Waals surface area contributed by atoms with E-state index in [2.05, 4.69) is 0 Å². The van der Waals surface area contributed by atoms with Crippen LogP contribution in [0, 0.1) is 0 Å². The Morgan fingerprint density at radius 3 is 2.73 bits per heavy atom. The Bertz CT molecular complexity index is 412. The summed E-state index contributed by atoms with van der Waals surface area (Å²) in [7, 11) is 1.38. The zero-order valence-electron chi connectivity index (χ0n) is 7.90. The lowest BCUT2D eigenvalue weighted by Crippen LogP contribution is -1.88. The Balaban J connectivity index is 3.11. The van der Waals surface area contributed by atoms with Crippen molar-refractivity contribution in [2.75, 3.05) is 7.11 Å². The third-order valence-corrected chi connectivity index (χ3v) is 1.98. The molecule has 0 aliphatic heterocycles. The van der Waals surface area contributed by atoms with Crippen molar-refractivity contribution in [3.8, 4) is 11.5 Å². The van der Waals surface area contributed by atoms with Gasteiger partial charge in [0.2, 0.25) is 0 Å². The molecule has 0 saturated heterocycles. The van der Waals surface area contributed by atoms with Gasteiger partial charge in [0, 0.05) is 6.08 Å². The maximum absolute atomic E-state index is 10.3. The second-order valence-corrected chi connectivity index (χ2v) is 3.13. The van der Waals surface area contributed by atoms with Crippen LogP contribution < -0.4 is 4.74 Å². The topological polar surface area (TPSA) is 66.8 Å². The molecular weight excluding hydrogens is 220 g/mol. The van der Waals surface area contributed by atoms with Gasteiger partial charge in [0.05, 0.1) is 12.1 Å². The van der Waals surface area contributed by atoms with E-state index in [1.807, 2.05) is 0 Å². The largest absolute Gasteiger partial charge is 0.503 e. The van der Waals surface area contributed by atoms with E-state index in [4.69, 9.17) is 21.4 Å². The van der Waals surface area contributed by atoms with Crippen molar-refractivity contribution in [1.82, 2.24) is 0 Å². The highest BCUT2D eigenvalue weighted by Crippen LogP contribution is 2.35. The molecule has 0 amide bonds. The molecule has 0 aliphatic carbocycles. The minimum Gasteiger partial charge on any atom is -0.503 e. The van der Waals surface area contributed by atoms with Crippen molar-refractivity contribution < 1.29 is 19.7 Å². The molecule has 0 unspecified atom stereocenters. The zero-order chi connectivity index (χ0) is 11.4. The fraction of sp³-hybridized carbons (Fsp3) is 0.100. The van der Waals surface area contributed by atoms with E-state index in [1.54, 1.807) is 0 Å². The first-order valence-electron chi connectivity index (χ1n) is 4.02. The maximum atomic E-state index is 10.3. The van der Waals surface area contributed by atoms with Gasteiger partial charge in [-0.1, -0.05) is 11.6 Å². The lowest BCUT2D eigenvalue weighted by molar-refractivity contribution is -0.131. The summed E-state index contributed by atoms with van der Waals surface area (Å²) in [6.45, 7) is 0. The first-order chi connectivity index (χ1) is 7.04. The fourth-order valence-electron chi connectivity index (χ4n) is 1.01. The molecule has 0 bridgehead atoms. The monoisotopic (exact) mass is 228 g/mol. The Morgan fingerprint density at radius 1 is 1.53 bits per heavy atom. The number of aliphatic carboxylic acids is 1. The molecule has 5 heteroatoms. The van der Waals surface area contributed by atoms with E-state index in [0.717, 1.165) is 6.08 Å². The zero-order valence-corrected chi connectivity index (χ0v) is 8.65. The first-order valence-corrected chi connectivity index (χ1v) is 4.40. The Hall–Kier alpha value is -1.68. The molecule has 1 aromatic carbocycles. The van der Waals surface area contributed by atoms with Crippen LogP contribution in [0.2, 0.25) is 5.02 Å². The second-order valence-electron chi connectivity index (χ2n) is 2.73. The van der Waals surface area contributed by atoms with Crippen molar-refractivity contribution in [2.45, 2.75) is 0 Å². The van der Waals surface area contributed by atoms with Crippen molar-refractivity contribution in [2.24, 2.45) is 0 Å². The number of phenols is 1. The number of rotatable bonds is 3. The van der Waals surface area contributed by atoms with Crippen LogP contribution in [-0.2, 0) is 4.79 Å². The van der Waals surface area contributed by atoms with Crippen molar-refractivity contribution in [3.63, 3.8) is 0 Å². The molecule has 1 aromatic rings. The van der Waals surface area contributed by atoms with E-state index in [9.17, 15) is 9.90 Å². The summed E-state index contributed by atoms with van der Waals surface area (Å²) in [5.41, 5.74) is 0.539. The molecule has 0 aromatic heterocycles. The van der Waals surface area contributed by atoms with E-state index >= 15 is 0 Å². The number of carbonyl (C=O) groups is 1. The van der Waals surface area contributed by atoms with Gasteiger partial charge in [-0.2, -0.15) is 0 Å². The molecule has 80 valence electrons. The van der Waals surface area contributed by atoms with Crippen LogP contribution in [0.1, 0.15) is 5.56 Å². The van der Waals surface area contributed by atoms with Crippen LogP contribution in [0.5, 0.6) is 11.5 Å². The van der Waals surface area contributed by atoms with Gasteiger partial charge in [0.25, 0.3) is 0 Å². The molecule has 1 rings (SSSR count). The number of methoxy groups -OCH3 is 1. The smallest absolute Gasteiger partial charge is 0.328 e. The molecule has 0 heterocycles. The van der Waals surface area contributed by atoms with Crippen LogP contribution in [-0.4, -0.2) is 23.3 Å². The van der Waals surface area contributed by atoms with E-state index < -0.39 is 5.97 Å². The quantitative estimate of drug-likeness (QED) is 0.778. The van der Waals surface area contributed by atoms with Gasteiger partial charge in [-0.15, -0.1) is 0 Å². The Kier molecular flexibility index (Phi) is 3.57. The predicted molar refractivity (Wildman–Crippen MR) is 56.3 cm³/mol. The summed E-state index contributed by atoms with van der Waals surface area (Å²) < 4.78 is 4.86. The number of halogens is 1. The average molecular weight is 229 g/mol. The van der Waals surface area contributed by atoms with Gasteiger partial charge in [0.15, 0.2) is 11.5 Å². The van der Waals surface area contributed by atoms with Crippen LogP contribution >= 0.6 is 11.6 Å². The van der Waals surface area contributed by atoms with Gasteiger partial charge < -0.3 is 14.9 Å². The van der Waals surface area contributed by atoms with E-state index in [1.165, 1.54) is 25.3 Å². The number of ether oxygens (including phenoxy) is 1. The van der Waals surface area contributed by atoms with Crippen molar-refractivity contribution in [1.29, 1.82) is 0 Å². The highest BCUT2D eigenvalue weighted by Gasteiger charge is 2.07. The Labute approximate surface area is 91.4 Å². The van der Waals surface area contributed by atoms with E-state index in [-0.39, 0.29) is 16.5 Å². The third-order valence-electron chi connectivity index (χ3n) is 1.69. The van der Waals surface area contributed by atoms with Crippen molar-refractivity contribution >= 4 is 23.6 Å². The second kappa shape index (κ2) is 4.70. The number of phenolic OH excluding ortho intramolecular Hbond substituents is 1. The molecule has 0 radical (unpaired) electrons. The maximum Gasteiger partial charge on any atom is 0.328 e. The van der Waals surface area contributed by atoms with Gasteiger partial charge in [-0.05, 0) is 23.8 Å². The fourth-order valence-corrected chi connectivity index (χ4v) is 1.23. The highest BCUT2D eigenvalue weighted by molar-refractivity contribution is 6.32. The Morgan fingerprint density at radius 2 is 2.20 bits per heavy atom. The lowest BCUT2D eigenvalue weighted by Gasteiger charge is -2.05. The highest BCUT2D eigenvalue weighted by atomic mass is 35.5. The van der Waals surface area contributed by atoms with Gasteiger partial charge >= 0.3 is 5.97 Å². The summed E-state index contributed by atoms with van der Waals surface area (Å²) in [5, 5.41) is 17.9. The van der Waals surface area contributed by atoms with Crippen LogP contribution in [0.25, 0.3) is 6.08 Å². The summed E-state index contributed by atoms with van der Waals surface area (Å²) in [4.78, 5) is 10.3. The third kappa shape index (κ3) is 2.89. The summed E-state index contributed by atoms with van der Waals surface area (Å²) in [5.74, 6) is -1.02. The standard InChI is InChI=1S/C10H9ClO4/c1-15-8-5-6(2-3-9(12)13)4-7(11)10(8)14/h2-5,14H,1H3,(H,12,13). The summed E-state index contributed by atoms with van der Waals surface area (Å²) in [6, 6.07) is 2.93. The van der Waals surface area contributed by atoms with Crippen LogP contribution in [0.3, 0.4) is 0 Å². The first kappa shape index (κ1) is 11.4. The van der Waals surface area contributed by atoms with Crippen LogP contribution in [0.15, 0.2) is 18.2 Å². The molecule has 0 aliphatic rings. The number of benzene rings is 1. The minimum absolute atomic E-state index is 0.111. The number of carboxylic acid groups (broad SMARTS) is 1. The van der Waals surface area contributed by atoms with E-state index in [0.29, 0.717) is 5.56 Å². The average Bonchev–Trinajstić information content (AvgIpc) is 2.19. The summed E-state index contributed by atoms with van der Waals surface area (Å²) in [6.07, 6.45) is 2.33. The number of aromatic hydroxyl groups is 1. The number of hydrogen-bond donors (Lipinski definition) is 2. The molecule has 0 fully saturated rings. The summed E-state index contributed by atoms with van der Waals surface area (Å²) >= 11 is 5.70. The molecule has 15 heavy (non-hydrogen) atoms. The minimum atomic E-state index is -1.06. The number of hydrogen-bond acceptors (Lipinski definition) is 3. The van der Waals surface area contributed by atoms with Crippen LogP contribution in [0.4, 0.5) is 0 Å². The predicted octanol–water partition coefficient (Wildman–Crippen LogP) is 2.15. The van der Waals surface area contributed by atoms with Gasteiger partial charge in [-0.25, -0.2) is 4.79 Å². The molecule has 2 N–H and O–H groups in total. The SMILES string of the molecule is COc1cc(C=CC(=O)O)cc(Cl)c1O. The molecule has 0 saturated carbocycles. The normalized spacial score (nSPS) is 10.5. The molecule has 4 nitrogen and oxygen atoms in total. The lowest BCUT2D eigenvalue weighted by atomic mass is 10.2. The van der Waals surface area contributed by atoms with Gasteiger partial charge in [-0.3, -0.25) is 0 Å². The van der Waals surface area contributed by atoms with Gasteiger partial charge in [0.1, 0.15) is 0 Å².